The number of phenols is 1. The predicted octanol–water partition coefficient (Wildman–Crippen LogP) is 5.95. The van der Waals surface area contributed by atoms with Crippen LogP contribution in [0.2, 0.25) is 5.02 Å². The highest BCUT2D eigenvalue weighted by Crippen LogP contribution is 2.45. The fourth-order valence-corrected chi connectivity index (χ4v) is 4.21. The number of halogens is 2. The van der Waals surface area contributed by atoms with Gasteiger partial charge in [0.2, 0.25) is 0 Å². The normalized spacial score (nSPS) is 15.5. The Kier molecular flexibility index (Phi) is 4.60. The van der Waals surface area contributed by atoms with Gasteiger partial charge in [-0.1, -0.05) is 51.8 Å². The second-order valence-electron chi connectivity index (χ2n) is 7.01. The molecule has 0 radical (unpaired) electrons. The van der Waals surface area contributed by atoms with E-state index in [1.165, 1.54) is 0 Å². The summed E-state index contributed by atoms with van der Waals surface area (Å²) in [4.78, 5) is 15.1. The second kappa shape index (κ2) is 7.31. The minimum atomic E-state index is -0.397. The van der Waals surface area contributed by atoms with E-state index in [1.807, 2.05) is 48.5 Å². The quantitative estimate of drug-likeness (QED) is 0.381. The van der Waals surface area contributed by atoms with Gasteiger partial charge in [-0.05, 0) is 54.1 Å². The second-order valence-corrected chi connectivity index (χ2v) is 8.37. The lowest BCUT2D eigenvalue weighted by Gasteiger charge is -2.26. The molecule has 2 heterocycles. The summed E-state index contributed by atoms with van der Waals surface area (Å²) in [6.45, 7) is 0. The van der Waals surface area contributed by atoms with E-state index in [4.69, 9.17) is 11.6 Å². The van der Waals surface area contributed by atoms with Crippen LogP contribution in [0, 0.1) is 0 Å². The van der Waals surface area contributed by atoms with Crippen molar-refractivity contribution in [1.29, 1.82) is 0 Å². The van der Waals surface area contributed by atoms with Crippen LogP contribution in [0.15, 0.2) is 77.3 Å². The van der Waals surface area contributed by atoms with E-state index in [9.17, 15) is 9.90 Å². The number of H-pyrrole nitrogens is 1. The monoisotopic (exact) mass is 479 g/mol. The van der Waals surface area contributed by atoms with Crippen LogP contribution < -0.4 is 4.90 Å². The largest absolute Gasteiger partial charge is 0.508 e. The van der Waals surface area contributed by atoms with E-state index in [0.717, 1.165) is 32.5 Å². The average molecular weight is 481 g/mol. The van der Waals surface area contributed by atoms with Gasteiger partial charge in [0.05, 0.1) is 11.7 Å². The molecular formula is C23H15BrClN3O2. The lowest BCUT2D eigenvalue weighted by atomic mass is 9.96. The Balaban J connectivity index is 1.71. The van der Waals surface area contributed by atoms with Gasteiger partial charge in [0.1, 0.15) is 11.4 Å². The van der Waals surface area contributed by atoms with Crippen molar-refractivity contribution in [2.45, 2.75) is 6.04 Å². The van der Waals surface area contributed by atoms with Gasteiger partial charge >= 0.3 is 0 Å². The van der Waals surface area contributed by atoms with E-state index < -0.39 is 6.04 Å². The first-order chi connectivity index (χ1) is 14.5. The molecule has 2 N–H and O–H groups in total. The number of aromatic hydroxyl groups is 1. The van der Waals surface area contributed by atoms with E-state index in [0.29, 0.717) is 10.7 Å². The molecule has 5 nitrogen and oxygen atoms in total. The summed E-state index contributed by atoms with van der Waals surface area (Å²) >= 11 is 9.52. The molecule has 1 amide bonds. The maximum absolute atomic E-state index is 13.4. The summed E-state index contributed by atoms with van der Waals surface area (Å²) < 4.78 is 0.965. The fourth-order valence-electron chi connectivity index (χ4n) is 3.81. The van der Waals surface area contributed by atoms with E-state index >= 15 is 0 Å². The van der Waals surface area contributed by atoms with Crippen molar-refractivity contribution in [2.24, 2.45) is 0 Å². The molecule has 7 heteroatoms. The number of nitrogens with one attached hydrogen (secondary N) is 1. The summed E-state index contributed by atoms with van der Waals surface area (Å²) in [5.74, 6) is 0.00271. The molecule has 5 rings (SSSR count). The number of anilines is 1. The number of fused-ring (bicyclic) bond motifs is 1. The number of benzene rings is 3. The maximum atomic E-state index is 13.4. The third kappa shape index (κ3) is 3.09. The van der Waals surface area contributed by atoms with Crippen molar-refractivity contribution < 1.29 is 9.90 Å². The van der Waals surface area contributed by atoms with Crippen molar-refractivity contribution in [3.8, 4) is 17.0 Å². The van der Waals surface area contributed by atoms with Crippen LogP contribution in [0.4, 0.5) is 5.69 Å². The SMILES string of the molecule is O=C1c2[nH]nc(-c3ccc(Br)cc3)c2[C@@H](c2ccc(O)cc2)N1c1ccc(Cl)cc1. The lowest BCUT2D eigenvalue weighted by molar-refractivity contribution is 0.0989. The Morgan fingerprint density at radius 1 is 0.967 bits per heavy atom. The van der Waals surface area contributed by atoms with Gasteiger partial charge in [-0.3, -0.25) is 14.8 Å². The number of phenolic OH excluding ortho intramolecular Hbond substituents is 1. The zero-order valence-corrected chi connectivity index (χ0v) is 17.9. The summed E-state index contributed by atoms with van der Waals surface area (Å²) in [7, 11) is 0. The molecule has 0 bridgehead atoms. The first-order valence-corrected chi connectivity index (χ1v) is 10.4. The highest BCUT2D eigenvalue weighted by molar-refractivity contribution is 9.10. The Morgan fingerprint density at radius 2 is 1.63 bits per heavy atom. The Hall–Kier alpha value is -3.09. The minimum Gasteiger partial charge on any atom is -0.508 e. The molecule has 0 saturated carbocycles. The van der Waals surface area contributed by atoms with Gasteiger partial charge in [-0.15, -0.1) is 0 Å². The number of amides is 1. The number of carbonyl (C=O) groups excluding carboxylic acids is 1. The van der Waals surface area contributed by atoms with Crippen LogP contribution in [0.3, 0.4) is 0 Å². The first kappa shape index (κ1) is 18.9. The minimum absolute atomic E-state index is 0.166. The van der Waals surface area contributed by atoms with E-state index in [-0.39, 0.29) is 11.7 Å². The van der Waals surface area contributed by atoms with Crippen LogP contribution in [-0.2, 0) is 0 Å². The van der Waals surface area contributed by atoms with Crippen molar-refractivity contribution >= 4 is 39.1 Å². The van der Waals surface area contributed by atoms with Gasteiger partial charge in [-0.25, -0.2) is 0 Å². The molecule has 0 spiro atoms. The van der Waals surface area contributed by atoms with Gasteiger partial charge in [0.25, 0.3) is 5.91 Å². The number of aromatic amines is 1. The number of carbonyl (C=O) groups is 1. The predicted molar refractivity (Wildman–Crippen MR) is 120 cm³/mol. The summed E-state index contributed by atoms with van der Waals surface area (Å²) in [6, 6.07) is 21.5. The van der Waals surface area contributed by atoms with Gasteiger partial charge in [0, 0.05) is 26.3 Å². The standard InChI is InChI=1S/C23H15BrClN3O2/c24-15-5-1-13(2-6-15)20-19-21(27-26-20)23(30)28(17-9-7-16(25)8-10-17)22(19)14-3-11-18(29)12-4-14/h1-12,22,29H,(H,26,27)/t22-/m1/s1. The molecule has 30 heavy (non-hydrogen) atoms. The molecule has 1 aliphatic heterocycles. The zero-order valence-electron chi connectivity index (χ0n) is 15.5. The molecule has 4 aromatic rings. The van der Waals surface area contributed by atoms with Crippen molar-refractivity contribution in [1.82, 2.24) is 10.2 Å². The van der Waals surface area contributed by atoms with Gasteiger partial charge in [0.15, 0.2) is 0 Å². The Bertz CT molecular complexity index is 1240. The third-order valence-electron chi connectivity index (χ3n) is 5.20. The van der Waals surface area contributed by atoms with Crippen LogP contribution >= 0.6 is 27.5 Å². The summed E-state index contributed by atoms with van der Waals surface area (Å²) in [5, 5.41) is 17.8. The lowest BCUT2D eigenvalue weighted by Crippen LogP contribution is -2.29. The van der Waals surface area contributed by atoms with Crippen LogP contribution in [-0.4, -0.2) is 21.2 Å². The van der Waals surface area contributed by atoms with E-state index in [1.54, 1.807) is 29.2 Å². The molecule has 0 unspecified atom stereocenters. The number of hydrogen-bond acceptors (Lipinski definition) is 3. The average Bonchev–Trinajstić information content (AvgIpc) is 3.29. The highest BCUT2D eigenvalue weighted by atomic mass is 79.9. The molecule has 1 atom stereocenters. The molecule has 1 aliphatic rings. The number of rotatable bonds is 3. The van der Waals surface area contributed by atoms with Crippen LogP contribution in [0.1, 0.15) is 27.7 Å². The van der Waals surface area contributed by atoms with Crippen LogP contribution in [0.5, 0.6) is 5.75 Å². The van der Waals surface area contributed by atoms with Crippen molar-refractivity contribution in [3.05, 3.63) is 99.1 Å². The van der Waals surface area contributed by atoms with Crippen molar-refractivity contribution in [3.63, 3.8) is 0 Å². The molecule has 1 aromatic heterocycles. The summed E-state index contributed by atoms with van der Waals surface area (Å²) in [5.41, 5.74) is 4.50. The number of hydrogen-bond donors (Lipinski definition) is 2. The van der Waals surface area contributed by atoms with Gasteiger partial charge < -0.3 is 5.11 Å². The number of nitrogens with zero attached hydrogens (tertiary/aromatic N) is 2. The molecule has 148 valence electrons. The van der Waals surface area contributed by atoms with Gasteiger partial charge in [-0.2, -0.15) is 5.10 Å². The Morgan fingerprint density at radius 3 is 2.30 bits per heavy atom. The van der Waals surface area contributed by atoms with Crippen LogP contribution in [0.25, 0.3) is 11.3 Å². The molecule has 0 fully saturated rings. The zero-order chi connectivity index (χ0) is 20.8. The highest BCUT2D eigenvalue weighted by Gasteiger charge is 2.43. The summed E-state index contributed by atoms with van der Waals surface area (Å²) in [6.07, 6.45) is 0. The third-order valence-corrected chi connectivity index (χ3v) is 5.98. The van der Waals surface area contributed by atoms with E-state index in [2.05, 4.69) is 26.1 Å². The topological polar surface area (TPSA) is 69.2 Å². The van der Waals surface area contributed by atoms with Crippen molar-refractivity contribution in [2.75, 3.05) is 4.90 Å². The Labute approximate surface area is 186 Å². The molecule has 0 saturated heterocycles. The fraction of sp³-hybridized carbons (Fsp3) is 0.0435. The molecular weight excluding hydrogens is 466 g/mol. The first-order valence-electron chi connectivity index (χ1n) is 9.25. The maximum Gasteiger partial charge on any atom is 0.277 e. The molecule has 0 aliphatic carbocycles. The smallest absolute Gasteiger partial charge is 0.277 e. The number of aromatic nitrogens is 2. The molecule has 3 aromatic carbocycles.